The Balaban J connectivity index is 0.00000242. The number of hydrogen-bond donors (Lipinski definition) is 2. The Bertz CT molecular complexity index is 370. The van der Waals surface area contributed by atoms with Crippen molar-refractivity contribution < 1.29 is 9.59 Å². The molecule has 1 aliphatic heterocycles. The summed E-state index contributed by atoms with van der Waals surface area (Å²) in [5.74, 6) is 1.05. The molecule has 0 bridgehead atoms. The highest BCUT2D eigenvalue weighted by Gasteiger charge is 2.24. The van der Waals surface area contributed by atoms with E-state index in [0.717, 1.165) is 38.6 Å². The zero-order valence-corrected chi connectivity index (χ0v) is 15.7. The average molecular weight is 369 g/mol. The van der Waals surface area contributed by atoms with Crippen LogP contribution in [0.2, 0.25) is 0 Å². The van der Waals surface area contributed by atoms with E-state index in [2.05, 4.69) is 15.5 Å². The number of amides is 2. The molecule has 0 atom stereocenters. The molecule has 2 fully saturated rings. The van der Waals surface area contributed by atoms with Crippen molar-refractivity contribution in [1.82, 2.24) is 20.4 Å². The van der Waals surface area contributed by atoms with E-state index in [0.29, 0.717) is 13.1 Å². The summed E-state index contributed by atoms with van der Waals surface area (Å²) in [6, 6.07) is 0.179. The van der Waals surface area contributed by atoms with Gasteiger partial charge in [0.15, 0.2) is 0 Å². The Labute approximate surface area is 151 Å². The summed E-state index contributed by atoms with van der Waals surface area (Å²) in [6.07, 6.45) is 2.61. The van der Waals surface area contributed by atoms with E-state index < -0.39 is 0 Å². The summed E-state index contributed by atoms with van der Waals surface area (Å²) in [5.41, 5.74) is 0. The van der Waals surface area contributed by atoms with Crippen LogP contribution < -0.4 is 10.6 Å². The lowest BCUT2D eigenvalue weighted by molar-refractivity contribution is -0.132. The van der Waals surface area contributed by atoms with Gasteiger partial charge >= 0.3 is 0 Å². The van der Waals surface area contributed by atoms with Crippen LogP contribution in [0.5, 0.6) is 0 Å². The largest absolute Gasteiger partial charge is 0.353 e. The molecule has 0 aromatic carbocycles. The molecule has 0 aromatic heterocycles. The van der Waals surface area contributed by atoms with Gasteiger partial charge in [0.25, 0.3) is 0 Å². The zero-order valence-electron chi connectivity index (χ0n) is 14.0. The van der Waals surface area contributed by atoms with Gasteiger partial charge in [-0.1, -0.05) is 0 Å². The molecule has 1 saturated heterocycles. The highest BCUT2D eigenvalue weighted by atomic mass is 35.5. The molecule has 8 heteroatoms. The lowest BCUT2D eigenvalue weighted by atomic mass is 10.3. The Morgan fingerprint density at radius 2 is 1.70 bits per heavy atom. The van der Waals surface area contributed by atoms with Gasteiger partial charge in [0.1, 0.15) is 0 Å². The molecule has 2 N–H and O–H groups in total. The first-order chi connectivity index (χ1) is 10.0. The van der Waals surface area contributed by atoms with Crippen molar-refractivity contribution in [2.24, 2.45) is 5.92 Å². The smallest absolute Gasteiger partial charge is 0.236 e. The van der Waals surface area contributed by atoms with Gasteiger partial charge in [-0.05, 0) is 39.2 Å². The second kappa shape index (κ2) is 11.1. The van der Waals surface area contributed by atoms with Crippen molar-refractivity contribution in [2.75, 3.05) is 45.8 Å². The van der Waals surface area contributed by atoms with Crippen molar-refractivity contribution in [2.45, 2.75) is 32.7 Å². The first kappa shape index (κ1) is 22.4. The molecule has 0 unspecified atom stereocenters. The van der Waals surface area contributed by atoms with E-state index in [1.165, 1.54) is 12.8 Å². The van der Waals surface area contributed by atoms with Crippen molar-refractivity contribution in [3.8, 4) is 0 Å². The summed E-state index contributed by atoms with van der Waals surface area (Å²) in [7, 11) is 0. The first-order valence-electron chi connectivity index (χ1n) is 8.05. The molecular weight excluding hydrogens is 339 g/mol. The summed E-state index contributed by atoms with van der Waals surface area (Å²) in [5, 5.41) is 6.14. The molecular formula is C15H30Cl2N4O2. The van der Waals surface area contributed by atoms with Gasteiger partial charge in [-0.25, -0.2) is 0 Å². The summed E-state index contributed by atoms with van der Waals surface area (Å²) >= 11 is 0. The number of halogens is 2. The molecule has 1 aliphatic carbocycles. The van der Waals surface area contributed by atoms with Gasteiger partial charge in [0.2, 0.25) is 11.8 Å². The van der Waals surface area contributed by atoms with Crippen molar-refractivity contribution in [1.29, 1.82) is 0 Å². The Morgan fingerprint density at radius 1 is 1.09 bits per heavy atom. The highest BCUT2D eigenvalue weighted by Crippen LogP contribution is 2.27. The van der Waals surface area contributed by atoms with Crippen LogP contribution in [0.25, 0.3) is 0 Å². The normalized spacial score (nSPS) is 18.1. The van der Waals surface area contributed by atoms with Gasteiger partial charge in [-0.3, -0.25) is 14.5 Å². The van der Waals surface area contributed by atoms with Crippen molar-refractivity contribution in [3.05, 3.63) is 0 Å². The second-order valence-electron chi connectivity index (χ2n) is 6.45. The number of nitrogens with one attached hydrogen (secondary N) is 2. The maximum Gasteiger partial charge on any atom is 0.236 e. The quantitative estimate of drug-likeness (QED) is 0.686. The van der Waals surface area contributed by atoms with Gasteiger partial charge in [0.05, 0.1) is 13.1 Å². The fourth-order valence-corrected chi connectivity index (χ4v) is 2.54. The molecule has 2 amide bonds. The third-order valence-electron chi connectivity index (χ3n) is 3.95. The van der Waals surface area contributed by atoms with Gasteiger partial charge in [-0.15, -0.1) is 24.8 Å². The molecule has 0 aromatic rings. The monoisotopic (exact) mass is 368 g/mol. The van der Waals surface area contributed by atoms with Crippen molar-refractivity contribution >= 4 is 36.6 Å². The molecule has 0 radical (unpaired) electrons. The number of nitrogens with zero attached hydrogens (tertiary/aromatic N) is 2. The fraction of sp³-hybridized carbons (Fsp3) is 0.867. The summed E-state index contributed by atoms with van der Waals surface area (Å²) in [6.45, 7) is 8.77. The van der Waals surface area contributed by atoms with E-state index in [-0.39, 0.29) is 42.7 Å². The minimum Gasteiger partial charge on any atom is -0.353 e. The van der Waals surface area contributed by atoms with Crippen LogP contribution in [0.4, 0.5) is 0 Å². The number of carbonyl (C=O) groups is 2. The molecule has 23 heavy (non-hydrogen) atoms. The minimum absolute atomic E-state index is 0. The SMILES string of the molecule is CC(C)NC(=O)CN1CCN(C(=O)CNCC2CC2)CC1.Cl.Cl. The second-order valence-corrected chi connectivity index (χ2v) is 6.45. The Hall–Kier alpha value is -0.560. The average Bonchev–Trinajstić information content (AvgIpc) is 3.22. The van der Waals surface area contributed by atoms with E-state index >= 15 is 0 Å². The zero-order chi connectivity index (χ0) is 15.2. The predicted molar refractivity (Wildman–Crippen MR) is 96.4 cm³/mol. The standard InChI is InChI=1S/C15H28N4O2.2ClH/c1-12(2)17-14(20)11-18-5-7-19(8-6-18)15(21)10-16-9-13-3-4-13;;/h12-13,16H,3-11H2,1-2H3,(H,17,20);2*1H. The van der Waals surface area contributed by atoms with Crippen LogP contribution in [0.15, 0.2) is 0 Å². The van der Waals surface area contributed by atoms with Crippen LogP contribution in [-0.2, 0) is 9.59 Å². The van der Waals surface area contributed by atoms with Gasteiger partial charge in [0, 0.05) is 32.2 Å². The number of carbonyl (C=O) groups excluding carboxylic acids is 2. The van der Waals surface area contributed by atoms with E-state index in [4.69, 9.17) is 0 Å². The van der Waals surface area contributed by atoms with Gasteiger partial charge < -0.3 is 15.5 Å². The minimum atomic E-state index is 0. The van der Waals surface area contributed by atoms with E-state index in [9.17, 15) is 9.59 Å². The third-order valence-corrected chi connectivity index (χ3v) is 3.95. The van der Waals surface area contributed by atoms with Crippen LogP contribution in [0.1, 0.15) is 26.7 Å². The summed E-state index contributed by atoms with van der Waals surface area (Å²) < 4.78 is 0. The Kier molecular flexibility index (Phi) is 10.8. The molecule has 136 valence electrons. The maximum atomic E-state index is 12.0. The van der Waals surface area contributed by atoms with E-state index in [1.807, 2.05) is 18.7 Å². The fourth-order valence-electron chi connectivity index (χ4n) is 2.54. The van der Waals surface area contributed by atoms with E-state index in [1.54, 1.807) is 0 Å². The lowest BCUT2D eigenvalue weighted by Crippen LogP contribution is -2.53. The third kappa shape index (κ3) is 8.74. The molecule has 1 saturated carbocycles. The molecule has 1 heterocycles. The Morgan fingerprint density at radius 3 is 2.22 bits per heavy atom. The highest BCUT2D eigenvalue weighted by molar-refractivity contribution is 5.85. The molecule has 6 nitrogen and oxygen atoms in total. The summed E-state index contributed by atoms with van der Waals surface area (Å²) in [4.78, 5) is 27.8. The molecule has 0 spiro atoms. The molecule has 2 aliphatic rings. The number of piperazine rings is 1. The number of hydrogen-bond acceptors (Lipinski definition) is 4. The number of rotatable bonds is 7. The molecule has 2 rings (SSSR count). The first-order valence-corrected chi connectivity index (χ1v) is 8.05. The van der Waals surface area contributed by atoms with Crippen molar-refractivity contribution in [3.63, 3.8) is 0 Å². The van der Waals surface area contributed by atoms with Crippen LogP contribution in [-0.4, -0.2) is 73.5 Å². The maximum absolute atomic E-state index is 12.0. The van der Waals surface area contributed by atoms with Gasteiger partial charge in [-0.2, -0.15) is 0 Å². The van der Waals surface area contributed by atoms with Crippen LogP contribution in [0, 0.1) is 5.92 Å². The van der Waals surface area contributed by atoms with Crippen LogP contribution >= 0.6 is 24.8 Å². The predicted octanol–water partition coefficient (Wildman–Crippen LogP) is 0.498. The van der Waals surface area contributed by atoms with Crippen LogP contribution in [0.3, 0.4) is 0 Å². The topological polar surface area (TPSA) is 64.7 Å². The lowest BCUT2D eigenvalue weighted by Gasteiger charge is -2.34.